The molecule has 3 amide bonds. The molecule has 0 saturated carbocycles. The molecule has 1 aliphatic rings. The molecule has 3 aromatic rings. The maximum Gasteiger partial charge on any atom is 0.294 e. The van der Waals surface area contributed by atoms with Gasteiger partial charge in [-0.15, -0.1) is 0 Å². The lowest BCUT2D eigenvalue weighted by molar-refractivity contribution is -0.129. The second-order valence-electron chi connectivity index (χ2n) is 7.00. The fraction of sp³-hybridized carbons (Fsp3) is 0.174. The molecule has 0 spiro atoms. The van der Waals surface area contributed by atoms with E-state index in [2.05, 4.69) is 10.3 Å². The van der Waals surface area contributed by atoms with Crippen LogP contribution in [0.25, 0.3) is 17.0 Å². The minimum absolute atomic E-state index is 0.293. The van der Waals surface area contributed by atoms with Crippen LogP contribution in [0.1, 0.15) is 11.1 Å². The van der Waals surface area contributed by atoms with Crippen molar-refractivity contribution in [1.29, 1.82) is 0 Å². The van der Waals surface area contributed by atoms with Gasteiger partial charge in [-0.1, -0.05) is 30.3 Å². The van der Waals surface area contributed by atoms with Gasteiger partial charge < -0.3 is 15.0 Å². The van der Waals surface area contributed by atoms with Crippen molar-refractivity contribution in [2.75, 3.05) is 20.2 Å². The van der Waals surface area contributed by atoms with Crippen LogP contribution in [0.4, 0.5) is 4.79 Å². The van der Waals surface area contributed by atoms with E-state index in [4.69, 9.17) is 4.74 Å². The average molecular weight is 436 g/mol. The fourth-order valence-electron chi connectivity index (χ4n) is 3.36. The van der Waals surface area contributed by atoms with E-state index in [-0.39, 0.29) is 12.5 Å². The Morgan fingerprint density at radius 3 is 2.71 bits per heavy atom. The van der Waals surface area contributed by atoms with Gasteiger partial charge in [0, 0.05) is 23.6 Å². The van der Waals surface area contributed by atoms with E-state index < -0.39 is 11.1 Å². The van der Waals surface area contributed by atoms with Gasteiger partial charge in [-0.25, -0.2) is 0 Å². The summed E-state index contributed by atoms with van der Waals surface area (Å²) < 4.78 is 5.11. The van der Waals surface area contributed by atoms with E-state index in [1.807, 2.05) is 30.5 Å². The first kappa shape index (κ1) is 20.7. The highest BCUT2D eigenvalue weighted by Crippen LogP contribution is 2.32. The van der Waals surface area contributed by atoms with Gasteiger partial charge in [-0.05, 0) is 53.6 Å². The predicted molar refractivity (Wildman–Crippen MR) is 121 cm³/mol. The summed E-state index contributed by atoms with van der Waals surface area (Å²) in [6.45, 7) is 0.122. The number of hydrogen-bond donors (Lipinski definition) is 2. The van der Waals surface area contributed by atoms with Crippen LogP contribution in [0.2, 0.25) is 0 Å². The van der Waals surface area contributed by atoms with E-state index in [1.54, 1.807) is 37.5 Å². The van der Waals surface area contributed by atoms with Crippen molar-refractivity contribution in [3.05, 3.63) is 70.8 Å². The number of benzene rings is 2. The maximum atomic E-state index is 12.6. The molecular weight excluding hydrogens is 414 g/mol. The summed E-state index contributed by atoms with van der Waals surface area (Å²) in [6, 6.07) is 15.1. The number of imide groups is 1. The molecule has 0 aliphatic carbocycles. The van der Waals surface area contributed by atoms with Crippen LogP contribution in [-0.2, 0) is 16.0 Å². The van der Waals surface area contributed by atoms with Gasteiger partial charge in [-0.2, -0.15) is 0 Å². The molecule has 2 aromatic carbocycles. The highest BCUT2D eigenvalue weighted by atomic mass is 32.2. The molecule has 2 N–H and O–H groups in total. The quantitative estimate of drug-likeness (QED) is 0.554. The van der Waals surface area contributed by atoms with E-state index in [0.29, 0.717) is 23.6 Å². The number of aromatic amines is 1. The first-order valence-electron chi connectivity index (χ1n) is 9.76. The number of amides is 3. The van der Waals surface area contributed by atoms with Gasteiger partial charge in [-0.3, -0.25) is 19.3 Å². The summed E-state index contributed by atoms with van der Waals surface area (Å²) in [5, 5.41) is 3.46. The van der Waals surface area contributed by atoms with Gasteiger partial charge in [0.1, 0.15) is 12.3 Å². The Kier molecular flexibility index (Phi) is 6.08. The van der Waals surface area contributed by atoms with E-state index >= 15 is 0 Å². The first-order valence-corrected chi connectivity index (χ1v) is 10.6. The molecule has 2 heterocycles. The van der Waals surface area contributed by atoms with Crippen LogP contribution in [-0.4, -0.2) is 47.1 Å². The zero-order valence-electron chi connectivity index (χ0n) is 16.9. The summed E-state index contributed by atoms with van der Waals surface area (Å²) in [5.74, 6) is -0.125. The standard InChI is InChI=1S/C23H21N3O4S/c1-30-17-8-6-15(7-9-17)12-20-22(28)26(23(29)31-20)14-21(27)24-11-10-16-13-25-19-5-3-2-4-18(16)19/h2-9,12-13,25H,10-11,14H2,1H3,(H,24,27). The number of H-pyrrole nitrogens is 1. The SMILES string of the molecule is COc1ccc(C=C2SC(=O)N(CC(=O)NCCc3c[nH]c4ccccc34)C2=O)cc1. The molecule has 7 nitrogen and oxygen atoms in total. The summed E-state index contributed by atoms with van der Waals surface area (Å²) in [4.78, 5) is 41.6. The van der Waals surface area contributed by atoms with Crippen molar-refractivity contribution in [2.24, 2.45) is 0 Å². The Bertz CT molecular complexity index is 1170. The number of thioether (sulfide) groups is 1. The summed E-state index contributed by atoms with van der Waals surface area (Å²) >= 11 is 0.835. The number of carbonyl (C=O) groups is 3. The number of para-hydroxylation sites is 1. The lowest BCUT2D eigenvalue weighted by Crippen LogP contribution is -2.40. The molecule has 0 bridgehead atoms. The Labute approximate surface area is 183 Å². The molecule has 0 radical (unpaired) electrons. The molecule has 0 unspecified atom stereocenters. The molecule has 1 aromatic heterocycles. The maximum absolute atomic E-state index is 12.6. The van der Waals surface area contributed by atoms with Crippen molar-refractivity contribution >= 4 is 45.8 Å². The van der Waals surface area contributed by atoms with Crippen molar-refractivity contribution in [3.63, 3.8) is 0 Å². The summed E-state index contributed by atoms with van der Waals surface area (Å²) in [6.07, 6.45) is 4.21. The van der Waals surface area contributed by atoms with Gasteiger partial charge >= 0.3 is 0 Å². The second-order valence-corrected chi connectivity index (χ2v) is 7.99. The van der Waals surface area contributed by atoms with Gasteiger partial charge in [0.25, 0.3) is 11.1 Å². The minimum atomic E-state index is -0.461. The van der Waals surface area contributed by atoms with Crippen molar-refractivity contribution in [3.8, 4) is 5.75 Å². The number of aromatic nitrogens is 1. The van der Waals surface area contributed by atoms with Crippen LogP contribution in [0, 0.1) is 0 Å². The summed E-state index contributed by atoms with van der Waals surface area (Å²) in [7, 11) is 1.58. The van der Waals surface area contributed by atoms with E-state index in [1.165, 1.54) is 0 Å². The Morgan fingerprint density at radius 1 is 1.16 bits per heavy atom. The predicted octanol–water partition coefficient (Wildman–Crippen LogP) is 3.57. The van der Waals surface area contributed by atoms with E-state index in [9.17, 15) is 14.4 Å². The third kappa shape index (κ3) is 4.64. The monoisotopic (exact) mass is 435 g/mol. The lowest BCUT2D eigenvalue weighted by Gasteiger charge is -2.12. The number of rotatable bonds is 7. The van der Waals surface area contributed by atoms with Gasteiger partial charge in [0.05, 0.1) is 12.0 Å². The van der Waals surface area contributed by atoms with Crippen molar-refractivity contribution in [1.82, 2.24) is 15.2 Å². The highest BCUT2D eigenvalue weighted by Gasteiger charge is 2.36. The third-order valence-corrected chi connectivity index (χ3v) is 5.89. The van der Waals surface area contributed by atoms with Crippen LogP contribution >= 0.6 is 11.8 Å². The van der Waals surface area contributed by atoms with Crippen molar-refractivity contribution < 1.29 is 19.1 Å². The lowest BCUT2D eigenvalue weighted by atomic mass is 10.1. The van der Waals surface area contributed by atoms with Crippen molar-refractivity contribution in [2.45, 2.75) is 6.42 Å². The largest absolute Gasteiger partial charge is 0.497 e. The molecule has 158 valence electrons. The smallest absolute Gasteiger partial charge is 0.294 e. The zero-order chi connectivity index (χ0) is 21.8. The van der Waals surface area contributed by atoms with Gasteiger partial charge in [0.2, 0.25) is 5.91 Å². The van der Waals surface area contributed by atoms with Gasteiger partial charge in [0.15, 0.2) is 0 Å². The molecule has 8 heteroatoms. The normalized spacial score (nSPS) is 15.1. The number of carbonyl (C=O) groups excluding carboxylic acids is 3. The first-order chi connectivity index (χ1) is 15.0. The van der Waals surface area contributed by atoms with Crippen LogP contribution in [0.3, 0.4) is 0 Å². The number of nitrogens with zero attached hydrogens (tertiary/aromatic N) is 1. The average Bonchev–Trinajstić information content (AvgIpc) is 3.30. The Morgan fingerprint density at radius 2 is 1.94 bits per heavy atom. The van der Waals surface area contributed by atoms with Crippen LogP contribution < -0.4 is 10.1 Å². The molecule has 1 fully saturated rings. The number of nitrogens with one attached hydrogen (secondary N) is 2. The Balaban J connectivity index is 1.33. The molecular formula is C23H21N3O4S. The molecule has 1 saturated heterocycles. The fourth-order valence-corrected chi connectivity index (χ4v) is 4.20. The van der Waals surface area contributed by atoms with Crippen LogP contribution in [0.15, 0.2) is 59.6 Å². The molecule has 1 aliphatic heterocycles. The zero-order valence-corrected chi connectivity index (χ0v) is 17.7. The van der Waals surface area contributed by atoms with E-state index in [0.717, 1.165) is 38.7 Å². The molecule has 4 rings (SSSR count). The molecule has 31 heavy (non-hydrogen) atoms. The highest BCUT2D eigenvalue weighted by molar-refractivity contribution is 8.18. The topological polar surface area (TPSA) is 91.5 Å². The number of fused-ring (bicyclic) bond motifs is 1. The second kappa shape index (κ2) is 9.09. The Hall–Kier alpha value is -3.52. The number of ether oxygens (including phenoxy) is 1. The summed E-state index contributed by atoms with van der Waals surface area (Å²) in [5.41, 5.74) is 2.92. The minimum Gasteiger partial charge on any atom is -0.497 e. The van der Waals surface area contributed by atoms with Crippen LogP contribution in [0.5, 0.6) is 5.75 Å². The number of methoxy groups -OCH3 is 1. The third-order valence-electron chi connectivity index (χ3n) is 4.98. The molecule has 0 atom stereocenters. The number of hydrogen-bond acceptors (Lipinski definition) is 5.